The quantitative estimate of drug-likeness (QED) is 0.519. The fraction of sp³-hybridized carbons (Fsp3) is 0.833. The van der Waals surface area contributed by atoms with Gasteiger partial charge in [-0.15, -0.1) is 0 Å². The van der Waals surface area contributed by atoms with Crippen molar-refractivity contribution in [2.45, 2.75) is 96.5 Å². The molecule has 0 aromatic rings. The molecule has 0 spiro atoms. The van der Waals surface area contributed by atoms with Gasteiger partial charge in [-0.3, -0.25) is 9.59 Å². The molecule has 6 atom stereocenters. The first-order valence-corrected chi connectivity index (χ1v) is 11.3. The second-order valence-corrected chi connectivity index (χ2v) is 10.7. The Balaban J connectivity index is 1.48. The van der Waals surface area contributed by atoms with E-state index in [0.717, 1.165) is 57.8 Å². The summed E-state index contributed by atoms with van der Waals surface area (Å²) in [4.78, 5) is 23.3. The van der Waals surface area contributed by atoms with Crippen LogP contribution in [0.4, 0.5) is 0 Å². The molecule has 2 N–H and O–H groups in total. The van der Waals surface area contributed by atoms with Crippen molar-refractivity contribution in [2.75, 3.05) is 0 Å². The zero-order valence-corrected chi connectivity index (χ0v) is 17.5. The number of carboxylic acid groups (broad SMARTS) is 1. The van der Waals surface area contributed by atoms with Crippen LogP contribution in [0, 0.1) is 28.6 Å². The van der Waals surface area contributed by atoms with E-state index in [2.05, 4.69) is 19.9 Å². The topological polar surface area (TPSA) is 74.6 Å². The lowest BCUT2D eigenvalue weighted by atomic mass is 9.47. The molecule has 0 aromatic carbocycles. The highest BCUT2D eigenvalue weighted by Crippen LogP contribution is 2.64. The van der Waals surface area contributed by atoms with E-state index in [1.807, 2.05) is 0 Å². The van der Waals surface area contributed by atoms with Crippen molar-refractivity contribution in [3.63, 3.8) is 0 Å². The highest BCUT2D eigenvalue weighted by atomic mass is 16.4. The maximum atomic E-state index is 12.5. The molecule has 156 valence electrons. The number of aliphatic carboxylic acids is 1. The molecule has 3 fully saturated rings. The van der Waals surface area contributed by atoms with E-state index in [0.29, 0.717) is 36.4 Å². The first-order chi connectivity index (χ1) is 13.2. The number of ketones is 1. The largest absolute Gasteiger partial charge is 0.481 e. The first kappa shape index (κ1) is 20.1. The summed E-state index contributed by atoms with van der Waals surface area (Å²) >= 11 is 0. The predicted octanol–water partition coefficient (Wildman–Crippen LogP) is 4.89. The number of allylic oxidation sites excluding steroid dienone is 1. The molecule has 4 aliphatic carbocycles. The summed E-state index contributed by atoms with van der Waals surface area (Å²) in [5, 5.41) is 20.0. The van der Waals surface area contributed by atoms with E-state index in [1.54, 1.807) is 0 Å². The van der Waals surface area contributed by atoms with Crippen LogP contribution in [0.5, 0.6) is 0 Å². The van der Waals surface area contributed by atoms with Crippen LogP contribution < -0.4 is 0 Å². The van der Waals surface area contributed by atoms with E-state index in [1.165, 1.54) is 5.57 Å². The average molecular weight is 389 g/mol. The standard InChI is InChI=1S/C24H36O4/c1-22-13-14-24(28,11-4-3-5-21(26)27)15-16(22)6-7-17-18-8-9-20(25)23(18,2)12-10-19(17)22/h6,17-19,28H,3-5,7-15H2,1-2H3,(H,26,27)/t17-,18-,19-,22-,23-,24+/m0/s1. The predicted molar refractivity (Wildman–Crippen MR) is 108 cm³/mol. The van der Waals surface area contributed by atoms with Gasteiger partial charge in [-0.2, -0.15) is 0 Å². The van der Waals surface area contributed by atoms with Gasteiger partial charge in [0.1, 0.15) is 5.78 Å². The lowest BCUT2D eigenvalue weighted by molar-refractivity contribution is -0.137. The summed E-state index contributed by atoms with van der Waals surface area (Å²) in [6.45, 7) is 4.64. The number of unbranched alkanes of at least 4 members (excludes halogenated alkanes) is 1. The lowest BCUT2D eigenvalue weighted by Gasteiger charge is -2.58. The molecule has 0 unspecified atom stereocenters. The summed E-state index contributed by atoms with van der Waals surface area (Å²) in [7, 11) is 0. The zero-order chi connectivity index (χ0) is 20.2. The van der Waals surface area contributed by atoms with Gasteiger partial charge < -0.3 is 10.2 Å². The van der Waals surface area contributed by atoms with Crippen LogP contribution >= 0.6 is 0 Å². The molecule has 0 saturated heterocycles. The number of Topliss-reactive ketones (excluding diaryl/α,β-unsaturated/α-hetero) is 1. The van der Waals surface area contributed by atoms with Crippen molar-refractivity contribution in [3.8, 4) is 0 Å². The number of carbonyl (C=O) groups excluding carboxylic acids is 1. The molecule has 4 rings (SSSR count). The van der Waals surface area contributed by atoms with Crippen LogP contribution in [0.1, 0.15) is 90.9 Å². The first-order valence-electron chi connectivity index (χ1n) is 11.3. The molecule has 0 aliphatic heterocycles. The average Bonchev–Trinajstić information content (AvgIpc) is 2.95. The molecule has 3 saturated carbocycles. The van der Waals surface area contributed by atoms with E-state index < -0.39 is 11.6 Å². The normalized spacial score (nSPS) is 45.0. The second kappa shape index (κ2) is 6.97. The Morgan fingerprint density at radius 3 is 2.61 bits per heavy atom. The lowest BCUT2D eigenvalue weighted by Crippen LogP contribution is -2.52. The van der Waals surface area contributed by atoms with Crippen molar-refractivity contribution in [1.29, 1.82) is 0 Å². The molecule has 28 heavy (non-hydrogen) atoms. The number of carboxylic acids is 1. The van der Waals surface area contributed by atoms with Crippen LogP contribution in [0.15, 0.2) is 11.6 Å². The van der Waals surface area contributed by atoms with Crippen LogP contribution in [0.2, 0.25) is 0 Å². The van der Waals surface area contributed by atoms with Gasteiger partial charge in [0.2, 0.25) is 0 Å². The van der Waals surface area contributed by atoms with Crippen LogP contribution in [0.25, 0.3) is 0 Å². The summed E-state index contributed by atoms with van der Waals surface area (Å²) in [5.74, 6) is 1.56. The van der Waals surface area contributed by atoms with Gasteiger partial charge in [-0.25, -0.2) is 0 Å². The molecule has 0 radical (unpaired) electrons. The van der Waals surface area contributed by atoms with Gasteiger partial charge in [0, 0.05) is 18.3 Å². The number of rotatable bonds is 5. The fourth-order valence-corrected chi connectivity index (χ4v) is 7.43. The Morgan fingerprint density at radius 2 is 1.86 bits per heavy atom. The molecule has 4 aliphatic rings. The van der Waals surface area contributed by atoms with E-state index >= 15 is 0 Å². The Kier molecular flexibility index (Phi) is 5.01. The zero-order valence-electron chi connectivity index (χ0n) is 17.5. The minimum atomic E-state index is -0.751. The summed E-state index contributed by atoms with van der Waals surface area (Å²) < 4.78 is 0. The number of hydrogen-bond acceptors (Lipinski definition) is 3. The Hall–Kier alpha value is -1.16. The maximum absolute atomic E-state index is 12.5. The van der Waals surface area contributed by atoms with Crippen LogP contribution in [-0.2, 0) is 9.59 Å². The monoisotopic (exact) mass is 388 g/mol. The molecule has 4 heteroatoms. The number of hydrogen-bond donors (Lipinski definition) is 2. The minimum Gasteiger partial charge on any atom is -0.481 e. The Labute approximate surface area is 168 Å². The van der Waals surface area contributed by atoms with E-state index in [-0.39, 0.29) is 17.3 Å². The molecular weight excluding hydrogens is 352 g/mol. The van der Waals surface area contributed by atoms with Crippen LogP contribution in [0.3, 0.4) is 0 Å². The number of fused-ring (bicyclic) bond motifs is 5. The molecule has 4 nitrogen and oxygen atoms in total. The second-order valence-electron chi connectivity index (χ2n) is 10.7. The summed E-state index contributed by atoms with van der Waals surface area (Å²) in [6.07, 6.45) is 12.4. The summed E-state index contributed by atoms with van der Waals surface area (Å²) in [5.41, 5.74) is 0.864. The van der Waals surface area contributed by atoms with Gasteiger partial charge in [0.25, 0.3) is 0 Å². The maximum Gasteiger partial charge on any atom is 0.303 e. The number of carbonyl (C=O) groups is 2. The summed E-state index contributed by atoms with van der Waals surface area (Å²) in [6, 6.07) is 0. The minimum absolute atomic E-state index is 0.0809. The Bertz CT molecular complexity index is 697. The fourth-order valence-electron chi connectivity index (χ4n) is 7.43. The van der Waals surface area contributed by atoms with Gasteiger partial charge in [-0.05, 0) is 81.0 Å². The smallest absolute Gasteiger partial charge is 0.303 e. The van der Waals surface area contributed by atoms with Crippen molar-refractivity contribution in [3.05, 3.63) is 11.6 Å². The molecule has 0 amide bonds. The van der Waals surface area contributed by atoms with E-state index in [9.17, 15) is 14.7 Å². The van der Waals surface area contributed by atoms with Crippen LogP contribution in [-0.4, -0.2) is 27.6 Å². The van der Waals surface area contributed by atoms with Gasteiger partial charge in [0.15, 0.2) is 0 Å². The Morgan fingerprint density at radius 1 is 1.11 bits per heavy atom. The molecular formula is C24H36O4. The van der Waals surface area contributed by atoms with Crippen molar-refractivity contribution in [2.24, 2.45) is 28.6 Å². The SMILES string of the molecule is C[C@]12CC[C@](O)(CCCCC(=O)O)CC1=CC[C@@H]1[C@@H]2CC[C@]2(C)C(=O)CC[C@@H]12. The van der Waals surface area contributed by atoms with Crippen molar-refractivity contribution >= 4 is 11.8 Å². The van der Waals surface area contributed by atoms with Gasteiger partial charge in [-0.1, -0.05) is 31.9 Å². The molecule has 0 heterocycles. The molecule has 0 bridgehead atoms. The highest BCUT2D eigenvalue weighted by Gasteiger charge is 2.59. The highest BCUT2D eigenvalue weighted by molar-refractivity contribution is 5.87. The number of aliphatic hydroxyl groups is 1. The molecule has 0 aromatic heterocycles. The van der Waals surface area contributed by atoms with Gasteiger partial charge >= 0.3 is 5.97 Å². The third-order valence-corrected chi connectivity index (χ3v) is 9.25. The van der Waals surface area contributed by atoms with Crippen molar-refractivity contribution in [1.82, 2.24) is 0 Å². The van der Waals surface area contributed by atoms with E-state index in [4.69, 9.17) is 5.11 Å². The van der Waals surface area contributed by atoms with Crippen molar-refractivity contribution < 1.29 is 19.8 Å². The third-order valence-electron chi connectivity index (χ3n) is 9.25. The third kappa shape index (κ3) is 3.16. The van der Waals surface area contributed by atoms with Gasteiger partial charge in [0.05, 0.1) is 5.60 Å².